The Balaban J connectivity index is 1.32. The highest BCUT2D eigenvalue weighted by Gasteiger charge is 2.31. The van der Waals surface area contributed by atoms with Crippen molar-refractivity contribution in [3.8, 4) is 11.1 Å². The van der Waals surface area contributed by atoms with Crippen LogP contribution in [-0.2, 0) is 14.3 Å². The average Bonchev–Trinajstić information content (AvgIpc) is 3.16. The maximum absolute atomic E-state index is 12.8. The zero-order chi connectivity index (χ0) is 24.9. The van der Waals surface area contributed by atoms with Gasteiger partial charge in [0.15, 0.2) is 0 Å². The highest BCUT2D eigenvalue weighted by atomic mass is 16.5. The van der Waals surface area contributed by atoms with E-state index in [4.69, 9.17) is 9.84 Å². The number of nitrogens with one attached hydrogen (secondary N) is 2. The predicted molar refractivity (Wildman–Crippen MR) is 133 cm³/mol. The van der Waals surface area contributed by atoms with Crippen molar-refractivity contribution in [2.45, 2.75) is 51.1 Å². The number of carbonyl (C=O) groups is 3. The van der Waals surface area contributed by atoms with E-state index in [0.29, 0.717) is 12.8 Å². The molecule has 2 amide bonds. The van der Waals surface area contributed by atoms with Gasteiger partial charge in [-0.3, -0.25) is 9.59 Å². The quantitative estimate of drug-likeness (QED) is 0.488. The molecule has 0 radical (unpaired) electrons. The van der Waals surface area contributed by atoms with Crippen LogP contribution in [0.3, 0.4) is 0 Å². The van der Waals surface area contributed by atoms with Crippen LogP contribution in [0, 0.1) is 11.8 Å². The summed E-state index contributed by atoms with van der Waals surface area (Å²) in [5.74, 6) is -1.48. The van der Waals surface area contributed by atoms with Gasteiger partial charge in [0.2, 0.25) is 5.91 Å². The van der Waals surface area contributed by atoms with Crippen molar-refractivity contribution >= 4 is 18.0 Å². The van der Waals surface area contributed by atoms with E-state index in [1.54, 1.807) is 0 Å². The fourth-order valence-corrected chi connectivity index (χ4v) is 4.94. The molecular weight excluding hydrogens is 444 g/mol. The van der Waals surface area contributed by atoms with Gasteiger partial charge in [-0.25, -0.2) is 4.79 Å². The maximum Gasteiger partial charge on any atom is 0.407 e. The molecule has 2 aliphatic carbocycles. The van der Waals surface area contributed by atoms with Crippen LogP contribution in [0.5, 0.6) is 0 Å². The number of hydrogen-bond acceptors (Lipinski definition) is 4. The summed E-state index contributed by atoms with van der Waals surface area (Å²) in [6.07, 6.45) is 4.10. The van der Waals surface area contributed by atoms with Crippen LogP contribution in [0.1, 0.15) is 50.2 Å². The van der Waals surface area contributed by atoms with E-state index in [1.807, 2.05) is 50.3 Å². The Kier molecular flexibility index (Phi) is 7.54. The minimum absolute atomic E-state index is 0.00364. The van der Waals surface area contributed by atoms with Gasteiger partial charge in [0, 0.05) is 17.9 Å². The highest BCUT2D eigenvalue weighted by molar-refractivity contribution is 5.81. The van der Waals surface area contributed by atoms with E-state index in [0.717, 1.165) is 11.1 Å². The monoisotopic (exact) mass is 476 g/mol. The molecule has 0 bridgehead atoms. The second-order valence-electron chi connectivity index (χ2n) is 9.63. The number of allylic oxidation sites excluding steroid dienone is 1. The van der Waals surface area contributed by atoms with Crippen LogP contribution in [0.25, 0.3) is 11.1 Å². The van der Waals surface area contributed by atoms with Crippen LogP contribution in [0.4, 0.5) is 4.79 Å². The van der Waals surface area contributed by atoms with Gasteiger partial charge < -0.3 is 20.5 Å². The van der Waals surface area contributed by atoms with Gasteiger partial charge in [-0.15, -0.1) is 0 Å². The van der Waals surface area contributed by atoms with Crippen molar-refractivity contribution in [2.24, 2.45) is 11.8 Å². The molecule has 2 aromatic carbocycles. The lowest BCUT2D eigenvalue weighted by atomic mass is 9.89. The number of alkyl carbamates (subject to hydrolysis) is 1. The van der Waals surface area contributed by atoms with E-state index >= 15 is 0 Å². The Morgan fingerprint density at radius 3 is 2.26 bits per heavy atom. The summed E-state index contributed by atoms with van der Waals surface area (Å²) >= 11 is 0. The lowest BCUT2D eigenvalue weighted by molar-refractivity contribution is -0.138. The zero-order valence-corrected chi connectivity index (χ0v) is 20.1. The SMILES string of the molecule is CC(C)C(CC(=O)O)NC(=O)[C@@H]1CC=C[C@@H](NC(=O)OCC2c3ccccc3-c3ccccc32)C1. The fraction of sp³-hybridized carbons (Fsp3) is 0.393. The first-order valence-electron chi connectivity index (χ1n) is 12.1. The van der Waals surface area contributed by atoms with Crippen LogP contribution in [0.2, 0.25) is 0 Å². The lowest BCUT2D eigenvalue weighted by Gasteiger charge is -2.28. The minimum Gasteiger partial charge on any atom is -0.481 e. The Morgan fingerprint density at radius 2 is 1.66 bits per heavy atom. The van der Waals surface area contributed by atoms with Crippen molar-refractivity contribution in [3.63, 3.8) is 0 Å². The third kappa shape index (κ3) is 5.73. The van der Waals surface area contributed by atoms with Gasteiger partial charge in [-0.1, -0.05) is 74.5 Å². The molecule has 0 saturated heterocycles. The Labute approximate surface area is 205 Å². The second-order valence-corrected chi connectivity index (χ2v) is 9.63. The molecule has 1 unspecified atom stereocenters. The van der Waals surface area contributed by atoms with Gasteiger partial charge in [-0.05, 0) is 41.0 Å². The van der Waals surface area contributed by atoms with Crippen LogP contribution < -0.4 is 10.6 Å². The maximum atomic E-state index is 12.8. The van der Waals surface area contributed by atoms with Crippen molar-refractivity contribution in [3.05, 3.63) is 71.8 Å². The second kappa shape index (κ2) is 10.8. The molecule has 3 N–H and O–H groups in total. The Morgan fingerprint density at radius 1 is 1.03 bits per heavy atom. The first kappa shape index (κ1) is 24.5. The first-order valence-corrected chi connectivity index (χ1v) is 12.1. The van der Waals surface area contributed by atoms with Crippen molar-refractivity contribution < 1.29 is 24.2 Å². The largest absolute Gasteiger partial charge is 0.481 e. The molecule has 35 heavy (non-hydrogen) atoms. The Bertz CT molecular complexity index is 1080. The molecule has 4 rings (SSSR count). The molecule has 3 atom stereocenters. The van der Waals surface area contributed by atoms with Crippen molar-refractivity contribution in [1.82, 2.24) is 10.6 Å². The number of benzene rings is 2. The number of carbonyl (C=O) groups excluding carboxylic acids is 2. The zero-order valence-electron chi connectivity index (χ0n) is 20.1. The molecule has 2 aliphatic rings. The topological polar surface area (TPSA) is 105 Å². The number of carboxylic acid groups (broad SMARTS) is 1. The smallest absolute Gasteiger partial charge is 0.407 e. The number of ether oxygens (including phenoxy) is 1. The number of hydrogen-bond donors (Lipinski definition) is 3. The molecule has 2 aromatic rings. The summed E-state index contributed by atoms with van der Waals surface area (Å²) in [7, 11) is 0. The van der Waals surface area contributed by atoms with E-state index in [2.05, 4.69) is 34.9 Å². The van der Waals surface area contributed by atoms with E-state index in [1.165, 1.54) is 11.1 Å². The number of fused-ring (bicyclic) bond motifs is 3. The normalized spacial score (nSPS) is 19.5. The molecule has 7 heteroatoms. The molecule has 0 fully saturated rings. The summed E-state index contributed by atoms with van der Waals surface area (Å²) in [6, 6.07) is 15.6. The molecule has 0 aromatic heterocycles. The number of amides is 2. The predicted octanol–water partition coefficient (Wildman–Crippen LogP) is 4.48. The third-order valence-electron chi connectivity index (χ3n) is 6.87. The van der Waals surface area contributed by atoms with Crippen LogP contribution in [0.15, 0.2) is 60.7 Å². The number of aliphatic carboxylic acids is 1. The van der Waals surface area contributed by atoms with Gasteiger partial charge in [0.1, 0.15) is 6.61 Å². The van der Waals surface area contributed by atoms with Gasteiger partial charge in [0.05, 0.1) is 12.5 Å². The number of carboxylic acids is 1. The summed E-state index contributed by atoms with van der Waals surface area (Å²) < 4.78 is 5.63. The van der Waals surface area contributed by atoms with E-state index in [-0.39, 0.29) is 42.7 Å². The minimum atomic E-state index is -0.942. The summed E-state index contributed by atoms with van der Waals surface area (Å²) in [4.78, 5) is 36.5. The lowest BCUT2D eigenvalue weighted by Crippen LogP contribution is -2.45. The van der Waals surface area contributed by atoms with Gasteiger partial charge >= 0.3 is 12.1 Å². The summed E-state index contributed by atoms with van der Waals surface area (Å²) in [5.41, 5.74) is 4.64. The van der Waals surface area contributed by atoms with Crippen molar-refractivity contribution in [1.29, 1.82) is 0 Å². The highest BCUT2D eigenvalue weighted by Crippen LogP contribution is 2.44. The average molecular weight is 477 g/mol. The van der Waals surface area contributed by atoms with E-state index in [9.17, 15) is 14.4 Å². The molecule has 0 heterocycles. The molecular formula is C28H32N2O5. The first-order chi connectivity index (χ1) is 16.8. The number of rotatable bonds is 8. The standard InChI is InChI=1S/C28H32N2O5/c1-17(2)25(15-26(31)32)30-27(33)18-8-7-9-19(14-18)29-28(34)35-16-24-22-12-5-3-10-20(22)21-11-4-6-13-23(21)24/h3-7,9-13,17-19,24-25H,8,14-16H2,1-2H3,(H,29,34)(H,30,33)(H,31,32)/t18-,19-,25?/m1/s1. The molecule has 0 saturated carbocycles. The molecule has 0 aliphatic heterocycles. The van der Waals surface area contributed by atoms with Gasteiger partial charge in [0.25, 0.3) is 0 Å². The molecule has 0 spiro atoms. The Hall–Kier alpha value is -3.61. The van der Waals surface area contributed by atoms with E-state index < -0.39 is 18.1 Å². The fourth-order valence-electron chi connectivity index (χ4n) is 4.94. The van der Waals surface area contributed by atoms with Crippen LogP contribution >= 0.6 is 0 Å². The van der Waals surface area contributed by atoms with Gasteiger partial charge in [-0.2, -0.15) is 0 Å². The van der Waals surface area contributed by atoms with Crippen LogP contribution in [-0.4, -0.2) is 41.8 Å². The third-order valence-corrected chi connectivity index (χ3v) is 6.87. The molecule has 7 nitrogen and oxygen atoms in total. The summed E-state index contributed by atoms with van der Waals surface area (Å²) in [5, 5.41) is 14.8. The van der Waals surface area contributed by atoms with Crippen molar-refractivity contribution in [2.75, 3.05) is 6.61 Å². The summed E-state index contributed by atoms with van der Waals surface area (Å²) in [6.45, 7) is 4.00. The molecule has 184 valence electrons.